The van der Waals surface area contributed by atoms with E-state index in [0.29, 0.717) is 0 Å². The van der Waals surface area contributed by atoms with Gasteiger partial charge < -0.3 is 14.2 Å². The normalized spacial score (nSPS) is 19.0. The second kappa shape index (κ2) is 7.11. The SMILES string of the molecule is COc1ccc(C(NN)C2(OC)CCCCC2)c(OC)c1. The highest BCUT2D eigenvalue weighted by Crippen LogP contribution is 2.43. The van der Waals surface area contributed by atoms with E-state index in [2.05, 4.69) is 5.43 Å². The Bertz CT molecular complexity index is 459. The molecule has 0 aromatic heterocycles. The molecule has 0 radical (unpaired) electrons. The van der Waals surface area contributed by atoms with Crippen LogP contribution in [0.15, 0.2) is 18.2 Å². The maximum atomic E-state index is 5.91. The van der Waals surface area contributed by atoms with Crippen LogP contribution in [0.1, 0.15) is 43.7 Å². The van der Waals surface area contributed by atoms with Crippen LogP contribution < -0.4 is 20.7 Å². The molecule has 1 atom stereocenters. The molecule has 0 bridgehead atoms. The summed E-state index contributed by atoms with van der Waals surface area (Å²) in [6.07, 6.45) is 5.55. The van der Waals surface area contributed by atoms with Crippen molar-refractivity contribution in [2.45, 2.75) is 43.7 Å². The van der Waals surface area contributed by atoms with Gasteiger partial charge in [0, 0.05) is 18.7 Å². The first kappa shape index (κ1) is 16.1. The molecule has 3 N–H and O–H groups in total. The van der Waals surface area contributed by atoms with E-state index in [1.807, 2.05) is 18.2 Å². The van der Waals surface area contributed by atoms with Crippen molar-refractivity contribution in [1.29, 1.82) is 0 Å². The molecule has 21 heavy (non-hydrogen) atoms. The van der Waals surface area contributed by atoms with Crippen molar-refractivity contribution in [3.8, 4) is 11.5 Å². The Morgan fingerprint density at radius 1 is 1.10 bits per heavy atom. The van der Waals surface area contributed by atoms with Gasteiger partial charge in [0.05, 0.1) is 25.9 Å². The standard InChI is InChI=1S/C16H26N2O3/c1-19-12-7-8-13(14(11-12)20-2)15(18-17)16(21-3)9-5-4-6-10-16/h7-8,11,15,18H,4-6,9-10,17H2,1-3H3. The molecule has 1 aliphatic carbocycles. The summed E-state index contributed by atoms with van der Waals surface area (Å²) in [5.41, 5.74) is 3.67. The minimum Gasteiger partial charge on any atom is -0.497 e. The Labute approximate surface area is 126 Å². The molecule has 0 aliphatic heterocycles. The summed E-state index contributed by atoms with van der Waals surface area (Å²) in [7, 11) is 5.07. The van der Waals surface area contributed by atoms with Crippen LogP contribution in [-0.2, 0) is 4.74 Å². The highest BCUT2D eigenvalue weighted by Gasteiger charge is 2.41. The highest BCUT2D eigenvalue weighted by molar-refractivity contribution is 5.43. The van der Waals surface area contributed by atoms with Gasteiger partial charge in [0.15, 0.2) is 0 Å². The van der Waals surface area contributed by atoms with E-state index in [0.717, 1.165) is 42.7 Å². The average Bonchev–Trinajstić information content (AvgIpc) is 2.56. The number of nitrogens with two attached hydrogens (primary N) is 1. The van der Waals surface area contributed by atoms with E-state index < -0.39 is 0 Å². The Hall–Kier alpha value is -1.30. The number of hydrazine groups is 1. The molecule has 1 aliphatic rings. The van der Waals surface area contributed by atoms with E-state index in [1.165, 1.54) is 6.42 Å². The number of benzene rings is 1. The lowest BCUT2D eigenvalue weighted by Crippen LogP contribution is -2.49. The van der Waals surface area contributed by atoms with Crippen molar-refractivity contribution >= 4 is 0 Å². The Morgan fingerprint density at radius 2 is 1.81 bits per heavy atom. The maximum Gasteiger partial charge on any atom is 0.127 e. The summed E-state index contributed by atoms with van der Waals surface area (Å²) in [6, 6.07) is 5.70. The monoisotopic (exact) mass is 294 g/mol. The number of rotatable bonds is 6. The number of ether oxygens (including phenoxy) is 3. The Balaban J connectivity index is 2.40. The second-order valence-electron chi connectivity index (χ2n) is 5.54. The molecular weight excluding hydrogens is 268 g/mol. The van der Waals surface area contributed by atoms with E-state index in [1.54, 1.807) is 21.3 Å². The van der Waals surface area contributed by atoms with Gasteiger partial charge in [-0.15, -0.1) is 0 Å². The van der Waals surface area contributed by atoms with E-state index in [9.17, 15) is 0 Å². The topological polar surface area (TPSA) is 65.7 Å². The summed E-state index contributed by atoms with van der Waals surface area (Å²) >= 11 is 0. The zero-order valence-electron chi connectivity index (χ0n) is 13.1. The molecule has 118 valence electrons. The fraction of sp³-hybridized carbons (Fsp3) is 0.625. The first-order valence-corrected chi connectivity index (χ1v) is 7.44. The van der Waals surface area contributed by atoms with Gasteiger partial charge in [-0.2, -0.15) is 0 Å². The van der Waals surface area contributed by atoms with Crippen LogP contribution in [0, 0.1) is 0 Å². The van der Waals surface area contributed by atoms with E-state index >= 15 is 0 Å². The van der Waals surface area contributed by atoms with Crippen molar-refractivity contribution in [2.75, 3.05) is 21.3 Å². The quantitative estimate of drug-likeness (QED) is 0.623. The maximum absolute atomic E-state index is 5.91. The predicted octanol–water partition coefficient (Wildman–Crippen LogP) is 2.56. The summed E-state index contributed by atoms with van der Waals surface area (Å²) in [6.45, 7) is 0. The third-order valence-electron chi connectivity index (χ3n) is 4.55. The minimum absolute atomic E-state index is 0.108. The molecule has 5 nitrogen and oxygen atoms in total. The molecule has 1 aromatic carbocycles. The third-order valence-corrected chi connectivity index (χ3v) is 4.55. The number of hydrogen-bond acceptors (Lipinski definition) is 5. The Morgan fingerprint density at radius 3 is 2.33 bits per heavy atom. The van der Waals surface area contributed by atoms with Gasteiger partial charge in [-0.25, -0.2) is 5.43 Å². The summed E-state index contributed by atoms with van der Waals surface area (Å²) < 4.78 is 16.7. The van der Waals surface area contributed by atoms with Gasteiger partial charge >= 0.3 is 0 Å². The van der Waals surface area contributed by atoms with Crippen molar-refractivity contribution in [2.24, 2.45) is 5.84 Å². The molecule has 1 fully saturated rings. The molecule has 1 unspecified atom stereocenters. The van der Waals surface area contributed by atoms with Crippen LogP contribution in [0.4, 0.5) is 0 Å². The third kappa shape index (κ3) is 3.15. The Kier molecular flexibility index (Phi) is 5.45. The van der Waals surface area contributed by atoms with Crippen LogP contribution in [0.2, 0.25) is 0 Å². The molecule has 0 heterocycles. The van der Waals surface area contributed by atoms with Gasteiger partial charge in [0.2, 0.25) is 0 Å². The summed E-state index contributed by atoms with van der Waals surface area (Å²) in [4.78, 5) is 0. The van der Waals surface area contributed by atoms with Crippen LogP contribution in [0.3, 0.4) is 0 Å². The average molecular weight is 294 g/mol. The van der Waals surface area contributed by atoms with Gasteiger partial charge in [0.1, 0.15) is 11.5 Å². The minimum atomic E-state index is -0.283. The van der Waals surface area contributed by atoms with E-state index in [-0.39, 0.29) is 11.6 Å². The molecular formula is C16H26N2O3. The fourth-order valence-electron chi connectivity index (χ4n) is 3.34. The zero-order chi connectivity index (χ0) is 15.3. The fourth-order valence-corrected chi connectivity index (χ4v) is 3.34. The first-order valence-electron chi connectivity index (χ1n) is 7.44. The largest absolute Gasteiger partial charge is 0.497 e. The van der Waals surface area contributed by atoms with Crippen molar-refractivity contribution in [3.05, 3.63) is 23.8 Å². The summed E-state index contributed by atoms with van der Waals surface area (Å²) in [5, 5.41) is 0. The predicted molar refractivity (Wildman–Crippen MR) is 82.4 cm³/mol. The number of nitrogens with one attached hydrogen (secondary N) is 1. The van der Waals surface area contributed by atoms with Gasteiger partial charge in [-0.05, 0) is 25.0 Å². The van der Waals surface area contributed by atoms with Gasteiger partial charge in [-0.1, -0.05) is 19.3 Å². The summed E-state index contributed by atoms with van der Waals surface area (Å²) in [5.74, 6) is 7.40. The molecule has 2 rings (SSSR count). The van der Waals surface area contributed by atoms with Crippen LogP contribution in [0.25, 0.3) is 0 Å². The van der Waals surface area contributed by atoms with Crippen molar-refractivity contribution in [1.82, 2.24) is 5.43 Å². The molecule has 5 heteroatoms. The lowest BCUT2D eigenvalue weighted by Gasteiger charge is -2.42. The lowest BCUT2D eigenvalue weighted by molar-refractivity contribution is -0.0692. The van der Waals surface area contributed by atoms with E-state index in [4.69, 9.17) is 20.1 Å². The van der Waals surface area contributed by atoms with Gasteiger partial charge in [-0.3, -0.25) is 5.84 Å². The van der Waals surface area contributed by atoms with Gasteiger partial charge in [0.25, 0.3) is 0 Å². The molecule has 1 saturated carbocycles. The highest BCUT2D eigenvalue weighted by atomic mass is 16.5. The lowest BCUT2D eigenvalue weighted by atomic mass is 9.76. The van der Waals surface area contributed by atoms with Crippen molar-refractivity contribution < 1.29 is 14.2 Å². The number of hydrogen-bond donors (Lipinski definition) is 2. The zero-order valence-corrected chi connectivity index (χ0v) is 13.1. The molecule has 0 saturated heterocycles. The molecule has 0 amide bonds. The van der Waals surface area contributed by atoms with Crippen LogP contribution in [0.5, 0.6) is 11.5 Å². The number of methoxy groups -OCH3 is 3. The van der Waals surface area contributed by atoms with Crippen LogP contribution in [-0.4, -0.2) is 26.9 Å². The second-order valence-corrected chi connectivity index (χ2v) is 5.54. The molecule has 0 spiro atoms. The van der Waals surface area contributed by atoms with Crippen molar-refractivity contribution in [3.63, 3.8) is 0 Å². The van der Waals surface area contributed by atoms with Crippen LogP contribution >= 0.6 is 0 Å². The smallest absolute Gasteiger partial charge is 0.127 e. The molecule has 1 aromatic rings. The first-order chi connectivity index (χ1) is 10.2.